The number of hydrogen-bond acceptors (Lipinski definition) is 5. The van der Waals surface area contributed by atoms with E-state index in [1.165, 1.54) is 18.3 Å². The van der Waals surface area contributed by atoms with Gasteiger partial charge in [0.2, 0.25) is 0 Å². The van der Waals surface area contributed by atoms with E-state index in [9.17, 15) is 14.3 Å². The molecule has 3 rings (SSSR count). The number of piperidine rings is 1. The quantitative estimate of drug-likeness (QED) is 0.772. The number of carbonyl (C=O) groups is 1. The van der Waals surface area contributed by atoms with Crippen LogP contribution in [0, 0.1) is 5.82 Å². The highest BCUT2D eigenvalue weighted by Crippen LogP contribution is 2.24. The maximum atomic E-state index is 14.4. The second kappa shape index (κ2) is 7.48. The normalized spacial score (nSPS) is 15.2. The SMILES string of the molecule is O=C(O)c1cccnc1NCc1ccc(N2CCC(O)CC2)c(F)c1. The molecule has 1 aromatic heterocycles. The lowest BCUT2D eigenvalue weighted by atomic mass is 10.1. The first kappa shape index (κ1) is 17.2. The molecule has 2 aromatic rings. The fourth-order valence-corrected chi connectivity index (χ4v) is 2.93. The standard InChI is InChI=1S/C18H20FN3O3/c19-15-10-12(3-4-16(15)22-8-5-13(23)6-9-22)11-21-17-14(18(24)25)2-1-7-20-17/h1-4,7,10,13,23H,5-6,8-9,11H2,(H,20,21)(H,24,25). The fraction of sp³-hybridized carbons (Fsp3) is 0.333. The summed E-state index contributed by atoms with van der Waals surface area (Å²) in [4.78, 5) is 17.1. The number of aliphatic hydroxyl groups is 1. The predicted molar refractivity (Wildman–Crippen MR) is 92.4 cm³/mol. The number of halogens is 1. The monoisotopic (exact) mass is 345 g/mol. The summed E-state index contributed by atoms with van der Waals surface area (Å²) in [7, 11) is 0. The summed E-state index contributed by atoms with van der Waals surface area (Å²) >= 11 is 0. The lowest BCUT2D eigenvalue weighted by Crippen LogP contribution is -2.36. The van der Waals surface area contributed by atoms with E-state index >= 15 is 0 Å². The number of carboxylic acid groups (broad SMARTS) is 1. The Morgan fingerprint density at radius 3 is 2.76 bits per heavy atom. The summed E-state index contributed by atoms with van der Waals surface area (Å²) in [6, 6.07) is 7.99. The van der Waals surface area contributed by atoms with E-state index in [1.54, 1.807) is 18.2 Å². The minimum absolute atomic E-state index is 0.0754. The highest BCUT2D eigenvalue weighted by atomic mass is 19.1. The Balaban J connectivity index is 1.68. The summed E-state index contributed by atoms with van der Waals surface area (Å²) in [6.07, 6.45) is 2.48. The van der Waals surface area contributed by atoms with E-state index in [1.807, 2.05) is 4.90 Å². The fourth-order valence-electron chi connectivity index (χ4n) is 2.93. The van der Waals surface area contributed by atoms with Gasteiger partial charge in [0.05, 0.1) is 11.8 Å². The number of anilines is 2. The third-order valence-corrected chi connectivity index (χ3v) is 4.32. The molecule has 0 amide bonds. The number of benzene rings is 1. The molecule has 7 heteroatoms. The van der Waals surface area contributed by atoms with Crippen LogP contribution in [0.15, 0.2) is 36.5 Å². The van der Waals surface area contributed by atoms with E-state index in [4.69, 9.17) is 5.11 Å². The summed E-state index contributed by atoms with van der Waals surface area (Å²) < 4.78 is 14.4. The van der Waals surface area contributed by atoms with Crippen LogP contribution in [-0.4, -0.2) is 40.4 Å². The number of nitrogens with zero attached hydrogens (tertiary/aromatic N) is 2. The zero-order chi connectivity index (χ0) is 17.8. The topological polar surface area (TPSA) is 85.7 Å². The molecule has 1 aliphatic rings. The van der Waals surface area contributed by atoms with Gasteiger partial charge >= 0.3 is 5.97 Å². The van der Waals surface area contributed by atoms with Crippen molar-refractivity contribution in [3.05, 3.63) is 53.5 Å². The largest absolute Gasteiger partial charge is 0.478 e. The second-order valence-electron chi connectivity index (χ2n) is 6.06. The highest BCUT2D eigenvalue weighted by molar-refractivity contribution is 5.92. The summed E-state index contributed by atoms with van der Waals surface area (Å²) in [5.74, 6) is -1.14. The average Bonchev–Trinajstić information content (AvgIpc) is 2.61. The summed E-state index contributed by atoms with van der Waals surface area (Å²) in [6.45, 7) is 1.53. The molecule has 25 heavy (non-hydrogen) atoms. The Morgan fingerprint density at radius 2 is 2.08 bits per heavy atom. The molecule has 0 bridgehead atoms. The van der Waals surface area contributed by atoms with Crippen molar-refractivity contribution in [3.8, 4) is 0 Å². The van der Waals surface area contributed by atoms with Gasteiger partial charge in [-0.25, -0.2) is 14.2 Å². The number of nitrogens with one attached hydrogen (secondary N) is 1. The van der Waals surface area contributed by atoms with Crippen LogP contribution >= 0.6 is 0 Å². The van der Waals surface area contributed by atoms with Gasteiger partial charge in [-0.2, -0.15) is 0 Å². The molecule has 1 fully saturated rings. The zero-order valence-electron chi connectivity index (χ0n) is 13.7. The predicted octanol–water partition coefficient (Wildman–Crippen LogP) is 2.49. The van der Waals surface area contributed by atoms with Gasteiger partial charge in [0.1, 0.15) is 17.2 Å². The Morgan fingerprint density at radius 1 is 1.32 bits per heavy atom. The molecule has 132 valence electrons. The van der Waals surface area contributed by atoms with Crippen LogP contribution < -0.4 is 10.2 Å². The minimum Gasteiger partial charge on any atom is -0.478 e. The molecular weight excluding hydrogens is 325 g/mol. The molecular formula is C18H20FN3O3. The van der Waals surface area contributed by atoms with E-state index in [0.29, 0.717) is 37.2 Å². The van der Waals surface area contributed by atoms with Gasteiger partial charge in [-0.1, -0.05) is 6.07 Å². The lowest BCUT2D eigenvalue weighted by Gasteiger charge is -2.31. The molecule has 2 heterocycles. The van der Waals surface area contributed by atoms with Crippen molar-refractivity contribution in [2.75, 3.05) is 23.3 Å². The highest BCUT2D eigenvalue weighted by Gasteiger charge is 2.19. The molecule has 0 saturated carbocycles. The van der Waals surface area contributed by atoms with E-state index < -0.39 is 5.97 Å². The van der Waals surface area contributed by atoms with Crippen LogP contribution in [0.4, 0.5) is 15.9 Å². The van der Waals surface area contributed by atoms with E-state index in [0.717, 1.165) is 0 Å². The molecule has 1 saturated heterocycles. The van der Waals surface area contributed by atoms with Gasteiger partial charge in [0.15, 0.2) is 0 Å². The van der Waals surface area contributed by atoms with Crippen LogP contribution in [0.2, 0.25) is 0 Å². The van der Waals surface area contributed by atoms with Gasteiger partial charge in [0, 0.05) is 25.8 Å². The van der Waals surface area contributed by atoms with Gasteiger partial charge in [-0.15, -0.1) is 0 Å². The molecule has 0 unspecified atom stereocenters. The van der Waals surface area contributed by atoms with Gasteiger partial charge in [-0.3, -0.25) is 0 Å². The van der Waals surface area contributed by atoms with E-state index in [2.05, 4.69) is 10.3 Å². The smallest absolute Gasteiger partial charge is 0.339 e. The molecule has 1 aromatic carbocycles. The van der Waals surface area contributed by atoms with Crippen molar-refractivity contribution in [1.29, 1.82) is 0 Å². The van der Waals surface area contributed by atoms with Crippen molar-refractivity contribution >= 4 is 17.5 Å². The number of aromatic nitrogens is 1. The molecule has 0 atom stereocenters. The molecule has 1 aliphatic heterocycles. The van der Waals surface area contributed by atoms with Crippen molar-refractivity contribution in [1.82, 2.24) is 4.98 Å². The third-order valence-electron chi connectivity index (χ3n) is 4.32. The van der Waals surface area contributed by atoms with Crippen molar-refractivity contribution < 1.29 is 19.4 Å². The first-order chi connectivity index (χ1) is 12.0. The van der Waals surface area contributed by atoms with Crippen LogP contribution in [0.5, 0.6) is 0 Å². The lowest BCUT2D eigenvalue weighted by molar-refractivity contribution is 0.0697. The number of aromatic carboxylic acids is 1. The van der Waals surface area contributed by atoms with Crippen molar-refractivity contribution in [2.24, 2.45) is 0 Å². The average molecular weight is 345 g/mol. The molecule has 3 N–H and O–H groups in total. The second-order valence-corrected chi connectivity index (χ2v) is 6.06. The summed E-state index contributed by atoms with van der Waals surface area (Å²) in [5.41, 5.74) is 1.30. The maximum Gasteiger partial charge on any atom is 0.339 e. The molecule has 6 nitrogen and oxygen atoms in total. The molecule has 0 aliphatic carbocycles. The van der Waals surface area contributed by atoms with Crippen molar-refractivity contribution in [3.63, 3.8) is 0 Å². The molecule has 0 radical (unpaired) electrons. The first-order valence-electron chi connectivity index (χ1n) is 8.18. The van der Waals surface area contributed by atoms with Crippen LogP contribution in [0.1, 0.15) is 28.8 Å². The number of aliphatic hydroxyl groups excluding tert-OH is 1. The Hall–Kier alpha value is -2.67. The van der Waals surface area contributed by atoms with Crippen LogP contribution in [0.3, 0.4) is 0 Å². The van der Waals surface area contributed by atoms with Crippen LogP contribution in [-0.2, 0) is 6.54 Å². The Kier molecular flexibility index (Phi) is 5.14. The van der Waals surface area contributed by atoms with E-state index in [-0.39, 0.29) is 29.8 Å². The maximum absolute atomic E-state index is 14.4. The van der Waals surface area contributed by atoms with Crippen molar-refractivity contribution in [2.45, 2.75) is 25.5 Å². The number of carboxylic acids is 1. The zero-order valence-corrected chi connectivity index (χ0v) is 13.7. The Labute approximate surface area is 144 Å². The first-order valence-corrected chi connectivity index (χ1v) is 8.18. The van der Waals surface area contributed by atoms with Gasteiger partial charge < -0.3 is 20.4 Å². The van der Waals surface area contributed by atoms with Gasteiger partial charge in [-0.05, 0) is 42.7 Å². The molecule has 0 spiro atoms. The number of pyridine rings is 1. The minimum atomic E-state index is -1.07. The number of rotatable bonds is 5. The van der Waals surface area contributed by atoms with Crippen LogP contribution in [0.25, 0.3) is 0 Å². The Bertz CT molecular complexity index is 761. The number of hydrogen-bond donors (Lipinski definition) is 3. The third kappa shape index (κ3) is 4.06. The summed E-state index contributed by atoms with van der Waals surface area (Å²) in [5, 5.41) is 21.6. The van der Waals surface area contributed by atoms with Gasteiger partial charge in [0.25, 0.3) is 0 Å².